The number of carbonyl (C=O) groups excluding carboxylic acids is 1. The molecule has 0 saturated carbocycles. The van der Waals surface area contributed by atoms with E-state index in [0.717, 1.165) is 24.3 Å². The van der Waals surface area contributed by atoms with Gasteiger partial charge >= 0.3 is 6.09 Å². The SMILES string of the molecule is O=C1NC(c2ccccc2N2CCCCC2)C(CO)O1. The highest BCUT2D eigenvalue weighted by Gasteiger charge is 2.36. The number of aliphatic hydroxyl groups is 1. The van der Waals surface area contributed by atoms with Gasteiger partial charge in [-0.25, -0.2) is 4.79 Å². The summed E-state index contributed by atoms with van der Waals surface area (Å²) in [7, 11) is 0. The van der Waals surface area contributed by atoms with Crippen molar-refractivity contribution in [1.82, 2.24) is 5.32 Å². The van der Waals surface area contributed by atoms with Crippen molar-refractivity contribution >= 4 is 11.8 Å². The lowest BCUT2D eigenvalue weighted by Gasteiger charge is -2.32. The average molecular weight is 276 g/mol. The molecule has 2 atom stereocenters. The van der Waals surface area contributed by atoms with E-state index in [2.05, 4.69) is 16.3 Å². The summed E-state index contributed by atoms with van der Waals surface area (Å²) >= 11 is 0. The average Bonchev–Trinajstić information content (AvgIpc) is 2.89. The predicted molar refractivity (Wildman–Crippen MR) is 75.7 cm³/mol. The molecule has 5 nitrogen and oxygen atoms in total. The van der Waals surface area contributed by atoms with Crippen LogP contribution in [-0.4, -0.2) is 37.0 Å². The summed E-state index contributed by atoms with van der Waals surface area (Å²) in [6.45, 7) is 1.92. The van der Waals surface area contributed by atoms with Crippen LogP contribution < -0.4 is 10.2 Å². The molecule has 1 aromatic rings. The number of hydrogen-bond donors (Lipinski definition) is 2. The van der Waals surface area contributed by atoms with Gasteiger partial charge in [-0.2, -0.15) is 0 Å². The van der Waals surface area contributed by atoms with E-state index in [4.69, 9.17) is 4.74 Å². The molecule has 20 heavy (non-hydrogen) atoms. The maximum absolute atomic E-state index is 11.4. The monoisotopic (exact) mass is 276 g/mol. The Labute approximate surface area is 118 Å². The lowest BCUT2D eigenvalue weighted by molar-refractivity contribution is 0.0829. The van der Waals surface area contributed by atoms with Crippen molar-refractivity contribution in [2.24, 2.45) is 0 Å². The van der Waals surface area contributed by atoms with E-state index >= 15 is 0 Å². The Kier molecular flexibility index (Phi) is 3.78. The van der Waals surface area contributed by atoms with Crippen molar-refractivity contribution in [2.75, 3.05) is 24.6 Å². The van der Waals surface area contributed by atoms with Crippen LogP contribution in [0.15, 0.2) is 24.3 Å². The highest BCUT2D eigenvalue weighted by Crippen LogP contribution is 2.33. The van der Waals surface area contributed by atoms with Crippen LogP contribution in [0.5, 0.6) is 0 Å². The van der Waals surface area contributed by atoms with Crippen LogP contribution in [0.2, 0.25) is 0 Å². The summed E-state index contributed by atoms with van der Waals surface area (Å²) in [4.78, 5) is 13.8. The van der Waals surface area contributed by atoms with Crippen molar-refractivity contribution in [3.05, 3.63) is 29.8 Å². The summed E-state index contributed by atoms with van der Waals surface area (Å²) in [6, 6.07) is 7.79. The highest BCUT2D eigenvalue weighted by molar-refractivity contribution is 5.72. The number of rotatable bonds is 3. The molecular formula is C15H20N2O3. The molecule has 0 bridgehead atoms. The maximum atomic E-state index is 11.4. The Balaban J connectivity index is 1.90. The first-order valence-electron chi connectivity index (χ1n) is 7.21. The number of carbonyl (C=O) groups is 1. The van der Waals surface area contributed by atoms with E-state index in [1.165, 1.54) is 19.3 Å². The lowest BCUT2D eigenvalue weighted by atomic mass is 9.98. The van der Waals surface area contributed by atoms with E-state index < -0.39 is 12.2 Å². The van der Waals surface area contributed by atoms with Gasteiger partial charge in [-0.05, 0) is 25.3 Å². The number of cyclic esters (lactones) is 1. The van der Waals surface area contributed by atoms with Crippen molar-refractivity contribution in [2.45, 2.75) is 31.4 Å². The predicted octanol–water partition coefficient (Wildman–Crippen LogP) is 1.82. The summed E-state index contributed by atoms with van der Waals surface area (Å²) in [5, 5.41) is 12.2. The molecule has 1 aromatic carbocycles. The van der Waals surface area contributed by atoms with Gasteiger partial charge in [0.15, 0.2) is 6.10 Å². The van der Waals surface area contributed by atoms with Crippen molar-refractivity contribution in [1.29, 1.82) is 0 Å². The zero-order chi connectivity index (χ0) is 13.9. The standard InChI is InChI=1S/C15H20N2O3/c18-10-13-14(16-15(19)20-13)11-6-2-3-7-12(11)17-8-4-1-5-9-17/h2-3,6-7,13-14,18H,1,4-5,8-10H2,(H,16,19). The van der Waals surface area contributed by atoms with Gasteiger partial charge in [0.05, 0.1) is 12.6 Å². The van der Waals surface area contributed by atoms with Crippen LogP contribution in [0, 0.1) is 0 Å². The molecule has 2 N–H and O–H groups in total. The van der Waals surface area contributed by atoms with Crippen LogP contribution in [-0.2, 0) is 4.74 Å². The molecule has 0 aromatic heterocycles. The van der Waals surface area contributed by atoms with Crippen LogP contribution in [0.25, 0.3) is 0 Å². The molecule has 108 valence electrons. The van der Waals surface area contributed by atoms with Gasteiger partial charge in [-0.3, -0.25) is 0 Å². The van der Waals surface area contributed by atoms with E-state index in [9.17, 15) is 9.90 Å². The summed E-state index contributed by atoms with van der Waals surface area (Å²) in [5.74, 6) is 0. The summed E-state index contributed by atoms with van der Waals surface area (Å²) in [5.41, 5.74) is 2.17. The Morgan fingerprint density at radius 3 is 2.75 bits per heavy atom. The summed E-state index contributed by atoms with van der Waals surface area (Å²) < 4.78 is 5.10. The van der Waals surface area contributed by atoms with Crippen molar-refractivity contribution in [3.63, 3.8) is 0 Å². The summed E-state index contributed by atoms with van der Waals surface area (Å²) in [6.07, 6.45) is 2.72. The van der Waals surface area contributed by atoms with Gasteiger partial charge in [-0.15, -0.1) is 0 Å². The smallest absolute Gasteiger partial charge is 0.408 e. The Morgan fingerprint density at radius 2 is 2.00 bits per heavy atom. The molecule has 2 aliphatic heterocycles. The zero-order valence-electron chi connectivity index (χ0n) is 11.4. The Bertz CT molecular complexity index is 486. The number of nitrogens with one attached hydrogen (secondary N) is 1. The molecule has 5 heteroatoms. The number of hydrogen-bond acceptors (Lipinski definition) is 4. The molecule has 0 radical (unpaired) electrons. The van der Waals surface area contributed by atoms with Gasteiger partial charge < -0.3 is 20.1 Å². The van der Waals surface area contributed by atoms with Crippen LogP contribution in [0.4, 0.5) is 10.5 Å². The Hall–Kier alpha value is -1.75. The lowest BCUT2D eigenvalue weighted by Crippen LogP contribution is -2.33. The van der Waals surface area contributed by atoms with E-state index in [1.807, 2.05) is 18.2 Å². The maximum Gasteiger partial charge on any atom is 0.408 e. The number of nitrogens with zero attached hydrogens (tertiary/aromatic N) is 1. The number of benzene rings is 1. The first-order valence-corrected chi connectivity index (χ1v) is 7.21. The third-order valence-electron chi connectivity index (χ3n) is 4.05. The first-order chi connectivity index (χ1) is 9.79. The quantitative estimate of drug-likeness (QED) is 0.884. The second-order valence-electron chi connectivity index (χ2n) is 5.35. The normalized spacial score (nSPS) is 26.2. The van der Waals surface area contributed by atoms with E-state index in [0.29, 0.717) is 0 Å². The molecule has 1 amide bonds. The van der Waals surface area contributed by atoms with Crippen LogP contribution in [0.3, 0.4) is 0 Å². The number of amides is 1. The topological polar surface area (TPSA) is 61.8 Å². The van der Waals surface area contributed by atoms with Gasteiger partial charge in [0.1, 0.15) is 0 Å². The third kappa shape index (κ3) is 2.45. The molecule has 0 spiro atoms. The number of alkyl carbamates (subject to hydrolysis) is 1. The van der Waals surface area contributed by atoms with Gasteiger partial charge in [0.25, 0.3) is 0 Å². The highest BCUT2D eigenvalue weighted by atomic mass is 16.6. The van der Waals surface area contributed by atoms with E-state index in [1.54, 1.807) is 0 Å². The minimum Gasteiger partial charge on any atom is -0.441 e. The van der Waals surface area contributed by atoms with Crippen molar-refractivity contribution < 1.29 is 14.6 Å². The minimum absolute atomic E-state index is 0.169. The number of anilines is 1. The second kappa shape index (κ2) is 5.71. The second-order valence-corrected chi connectivity index (χ2v) is 5.35. The molecule has 3 rings (SSSR count). The third-order valence-corrected chi connectivity index (χ3v) is 4.05. The van der Waals surface area contributed by atoms with E-state index in [-0.39, 0.29) is 12.6 Å². The number of piperidine rings is 1. The van der Waals surface area contributed by atoms with Crippen LogP contribution >= 0.6 is 0 Å². The number of para-hydroxylation sites is 1. The molecule has 2 heterocycles. The fourth-order valence-electron chi connectivity index (χ4n) is 3.05. The molecular weight excluding hydrogens is 256 g/mol. The minimum atomic E-state index is -0.506. The van der Waals surface area contributed by atoms with Crippen molar-refractivity contribution in [3.8, 4) is 0 Å². The van der Waals surface area contributed by atoms with Crippen LogP contribution in [0.1, 0.15) is 30.9 Å². The molecule has 2 saturated heterocycles. The van der Waals surface area contributed by atoms with Gasteiger partial charge in [0.2, 0.25) is 0 Å². The number of ether oxygens (including phenoxy) is 1. The first kappa shape index (κ1) is 13.2. The van der Waals surface area contributed by atoms with Gasteiger partial charge in [-0.1, -0.05) is 18.2 Å². The fourth-order valence-corrected chi connectivity index (χ4v) is 3.05. The zero-order valence-corrected chi connectivity index (χ0v) is 11.4. The molecule has 0 aliphatic carbocycles. The van der Waals surface area contributed by atoms with Gasteiger partial charge in [0, 0.05) is 24.3 Å². The number of aliphatic hydroxyl groups excluding tert-OH is 1. The molecule has 2 aliphatic rings. The Morgan fingerprint density at radius 1 is 1.25 bits per heavy atom. The largest absolute Gasteiger partial charge is 0.441 e. The molecule has 2 unspecified atom stereocenters. The fraction of sp³-hybridized carbons (Fsp3) is 0.533. The molecule has 2 fully saturated rings.